The molecular weight excluding hydrogens is 377 g/mol. The minimum atomic E-state index is -0.234. The molecule has 6 heteroatoms. The van der Waals surface area contributed by atoms with Gasteiger partial charge in [-0.2, -0.15) is 0 Å². The van der Waals surface area contributed by atoms with E-state index in [1.54, 1.807) is 33.5 Å². The van der Waals surface area contributed by atoms with Gasteiger partial charge in [0.1, 0.15) is 5.82 Å². The summed E-state index contributed by atoms with van der Waals surface area (Å²) in [5.41, 5.74) is 1.56. The molecule has 0 aliphatic carbocycles. The summed E-state index contributed by atoms with van der Waals surface area (Å²) >= 11 is 3.36. The SMILES string of the molecule is COc1cc(C(C)NCc2cc(Br)ccc2F)cc(OC)c1OC. The van der Waals surface area contributed by atoms with Crippen LogP contribution in [0, 0.1) is 5.82 Å². The molecule has 0 saturated heterocycles. The molecule has 2 aromatic carbocycles. The molecule has 0 saturated carbocycles. The number of methoxy groups -OCH3 is 3. The average molecular weight is 398 g/mol. The van der Waals surface area contributed by atoms with Crippen LogP contribution in [0.3, 0.4) is 0 Å². The summed E-state index contributed by atoms with van der Waals surface area (Å²) in [5.74, 6) is 1.50. The van der Waals surface area contributed by atoms with Crippen molar-refractivity contribution < 1.29 is 18.6 Å². The molecule has 0 radical (unpaired) electrons. The molecule has 4 nitrogen and oxygen atoms in total. The van der Waals surface area contributed by atoms with Crippen molar-refractivity contribution in [3.8, 4) is 17.2 Å². The molecule has 2 aromatic rings. The Morgan fingerprint density at radius 1 is 1.04 bits per heavy atom. The minimum Gasteiger partial charge on any atom is -0.493 e. The third-order valence-electron chi connectivity index (χ3n) is 3.79. The third kappa shape index (κ3) is 4.19. The van der Waals surface area contributed by atoms with Gasteiger partial charge >= 0.3 is 0 Å². The Labute approximate surface area is 150 Å². The number of nitrogens with one attached hydrogen (secondary N) is 1. The van der Waals surface area contributed by atoms with E-state index in [9.17, 15) is 4.39 Å². The van der Waals surface area contributed by atoms with Crippen molar-refractivity contribution >= 4 is 15.9 Å². The topological polar surface area (TPSA) is 39.7 Å². The van der Waals surface area contributed by atoms with E-state index < -0.39 is 0 Å². The summed E-state index contributed by atoms with van der Waals surface area (Å²) in [6.45, 7) is 2.40. The lowest BCUT2D eigenvalue weighted by molar-refractivity contribution is 0.323. The van der Waals surface area contributed by atoms with Crippen molar-refractivity contribution in [2.45, 2.75) is 19.5 Å². The van der Waals surface area contributed by atoms with Crippen molar-refractivity contribution in [2.24, 2.45) is 0 Å². The van der Waals surface area contributed by atoms with Gasteiger partial charge in [-0.25, -0.2) is 4.39 Å². The zero-order valence-electron chi connectivity index (χ0n) is 14.2. The maximum Gasteiger partial charge on any atom is 0.203 e. The molecule has 0 amide bonds. The summed E-state index contributed by atoms with van der Waals surface area (Å²) in [5, 5.41) is 3.31. The monoisotopic (exact) mass is 397 g/mol. The first kappa shape index (κ1) is 18.5. The van der Waals surface area contributed by atoms with Crippen molar-refractivity contribution in [3.63, 3.8) is 0 Å². The largest absolute Gasteiger partial charge is 0.493 e. The molecule has 1 unspecified atom stereocenters. The second kappa shape index (κ2) is 8.35. The summed E-state index contributed by atoms with van der Waals surface area (Å²) < 4.78 is 30.8. The smallest absolute Gasteiger partial charge is 0.203 e. The van der Waals surface area contributed by atoms with Gasteiger partial charge in [-0.3, -0.25) is 0 Å². The number of rotatable bonds is 7. The summed E-state index contributed by atoms with van der Waals surface area (Å²) in [4.78, 5) is 0. The summed E-state index contributed by atoms with van der Waals surface area (Å²) in [6.07, 6.45) is 0. The lowest BCUT2D eigenvalue weighted by Gasteiger charge is -2.19. The van der Waals surface area contributed by atoms with E-state index in [-0.39, 0.29) is 11.9 Å². The second-order valence-corrected chi connectivity index (χ2v) is 6.21. The van der Waals surface area contributed by atoms with Gasteiger partial charge in [0.15, 0.2) is 11.5 Å². The fraction of sp³-hybridized carbons (Fsp3) is 0.333. The highest BCUT2D eigenvalue weighted by atomic mass is 79.9. The molecule has 0 spiro atoms. The van der Waals surface area contributed by atoms with Crippen molar-refractivity contribution in [1.29, 1.82) is 0 Å². The molecule has 0 aliphatic rings. The normalized spacial score (nSPS) is 11.9. The number of hydrogen-bond donors (Lipinski definition) is 1. The fourth-order valence-electron chi connectivity index (χ4n) is 2.41. The Balaban J connectivity index is 2.20. The van der Waals surface area contributed by atoms with Crippen molar-refractivity contribution in [3.05, 3.63) is 51.7 Å². The molecule has 0 bridgehead atoms. The van der Waals surface area contributed by atoms with Crippen LogP contribution in [0.4, 0.5) is 4.39 Å². The van der Waals surface area contributed by atoms with Gasteiger partial charge in [0.05, 0.1) is 21.3 Å². The molecule has 2 rings (SSSR count). The highest BCUT2D eigenvalue weighted by Crippen LogP contribution is 2.39. The molecule has 0 fully saturated rings. The van der Waals surface area contributed by atoms with Gasteiger partial charge in [-0.1, -0.05) is 15.9 Å². The molecule has 0 heterocycles. The molecule has 1 atom stereocenters. The van der Waals surface area contributed by atoms with Crippen LogP contribution >= 0.6 is 15.9 Å². The molecule has 0 aromatic heterocycles. The first-order valence-corrected chi connectivity index (χ1v) is 8.26. The van der Waals surface area contributed by atoms with E-state index >= 15 is 0 Å². The van der Waals surface area contributed by atoms with Crippen LogP contribution in [0.15, 0.2) is 34.8 Å². The van der Waals surface area contributed by atoms with Gasteiger partial charge in [0.2, 0.25) is 5.75 Å². The Morgan fingerprint density at radius 3 is 2.21 bits per heavy atom. The maximum absolute atomic E-state index is 13.8. The van der Waals surface area contributed by atoms with E-state index in [1.165, 1.54) is 6.07 Å². The maximum atomic E-state index is 13.8. The first-order chi connectivity index (χ1) is 11.5. The van der Waals surface area contributed by atoms with E-state index in [0.717, 1.165) is 10.0 Å². The second-order valence-electron chi connectivity index (χ2n) is 5.30. The van der Waals surface area contributed by atoms with Crippen LogP contribution in [-0.2, 0) is 6.54 Å². The van der Waals surface area contributed by atoms with Crippen LogP contribution < -0.4 is 19.5 Å². The Hall–Kier alpha value is -1.79. The molecule has 24 heavy (non-hydrogen) atoms. The van der Waals surface area contributed by atoms with Crippen molar-refractivity contribution in [1.82, 2.24) is 5.32 Å². The van der Waals surface area contributed by atoms with Crippen molar-refractivity contribution in [2.75, 3.05) is 21.3 Å². The average Bonchev–Trinajstić information content (AvgIpc) is 2.60. The Bertz CT molecular complexity index is 684. The van der Waals surface area contributed by atoms with Crippen LogP contribution in [0.5, 0.6) is 17.2 Å². The van der Waals surface area contributed by atoms with E-state index in [1.807, 2.05) is 19.1 Å². The summed E-state index contributed by atoms with van der Waals surface area (Å²) in [7, 11) is 4.73. The Kier molecular flexibility index (Phi) is 6.45. The standard InChI is InChI=1S/C18H21BrFNO3/c1-11(21-10-13-7-14(19)5-6-15(13)20)12-8-16(22-2)18(24-4)17(9-12)23-3/h5-9,11,21H,10H2,1-4H3. The van der Waals surface area contributed by atoms with E-state index in [0.29, 0.717) is 29.4 Å². The van der Waals surface area contributed by atoms with Gasteiger partial charge < -0.3 is 19.5 Å². The quantitative estimate of drug-likeness (QED) is 0.748. The molecule has 0 aliphatic heterocycles. The number of ether oxygens (including phenoxy) is 3. The highest BCUT2D eigenvalue weighted by Gasteiger charge is 2.16. The van der Waals surface area contributed by atoms with E-state index in [2.05, 4.69) is 21.2 Å². The van der Waals surface area contributed by atoms with Crippen LogP contribution in [0.2, 0.25) is 0 Å². The molecule has 1 N–H and O–H groups in total. The predicted octanol–water partition coefficient (Wildman–Crippen LogP) is 4.46. The highest BCUT2D eigenvalue weighted by molar-refractivity contribution is 9.10. The zero-order valence-corrected chi connectivity index (χ0v) is 15.7. The lowest BCUT2D eigenvalue weighted by Crippen LogP contribution is -2.19. The van der Waals surface area contributed by atoms with Gasteiger partial charge in [-0.05, 0) is 42.8 Å². The van der Waals surface area contributed by atoms with Gasteiger partial charge in [0.25, 0.3) is 0 Å². The summed E-state index contributed by atoms with van der Waals surface area (Å²) in [6, 6.07) is 8.64. The molecular formula is C18H21BrFNO3. The van der Waals surface area contributed by atoms with Crippen LogP contribution in [0.1, 0.15) is 24.1 Å². The van der Waals surface area contributed by atoms with Crippen LogP contribution in [-0.4, -0.2) is 21.3 Å². The third-order valence-corrected chi connectivity index (χ3v) is 4.29. The Morgan fingerprint density at radius 2 is 1.67 bits per heavy atom. The first-order valence-electron chi connectivity index (χ1n) is 7.47. The van der Waals surface area contributed by atoms with Gasteiger partial charge in [0, 0.05) is 22.6 Å². The molecule has 130 valence electrons. The lowest BCUT2D eigenvalue weighted by atomic mass is 10.1. The zero-order chi connectivity index (χ0) is 17.7. The van der Waals surface area contributed by atoms with E-state index in [4.69, 9.17) is 14.2 Å². The fourth-order valence-corrected chi connectivity index (χ4v) is 2.82. The van der Waals surface area contributed by atoms with Gasteiger partial charge in [-0.15, -0.1) is 0 Å². The predicted molar refractivity (Wildman–Crippen MR) is 95.5 cm³/mol. The number of halogens is 2. The minimum absolute atomic E-state index is 0.0305. The van der Waals surface area contributed by atoms with Crippen LogP contribution in [0.25, 0.3) is 0 Å². The number of benzene rings is 2. The number of hydrogen-bond acceptors (Lipinski definition) is 4.